The molecule has 0 saturated carbocycles. The molecule has 2 N–H and O–H groups in total. The number of benzene rings is 2. The number of rotatable bonds is 6. The Balaban J connectivity index is 1.69. The van der Waals surface area contributed by atoms with E-state index in [1.807, 2.05) is 0 Å². The first-order valence-corrected chi connectivity index (χ1v) is 11.3. The minimum atomic E-state index is -1.27. The standard InChI is InChI=1S/C25H21F4N5O4/c26-16-5-6-17(20(29)12-16)22-15(13-38-25(36)31-14-33-8-10-37-11-9-33)4-7-21(32-22)34(24(30)35)23-18(27)2-1-3-19(23)28/h1-7,12,14H,8-11,13H2,(H2,30,35). The number of primary amides is 1. The van der Waals surface area contributed by atoms with Crippen LogP contribution in [-0.4, -0.2) is 54.7 Å². The summed E-state index contributed by atoms with van der Waals surface area (Å²) in [6, 6.07) is 6.79. The van der Waals surface area contributed by atoms with Crippen LogP contribution in [0, 0.1) is 23.3 Å². The van der Waals surface area contributed by atoms with Gasteiger partial charge in [-0.25, -0.2) is 37.0 Å². The minimum Gasteiger partial charge on any atom is -0.443 e. The van der Waals surface area contributed by atoms with Gasteiger partial charge in [0.25, 0.3) is 0 Å². The highest BCUT2D eigenvalue weighted by molar-refractivity contribution is 5.98. The molecule has 3 amide bonds. The number of para-hydroxylation sites is 1. The molecule has 1 fully saturated rings. The second kappa shape index (κ2) is 11.7. The number of urea groups is 1. The minimum absolute atomic E-state index is 0.132. The lowest BCUT2D eigenvalue weighted by Crippen LogP contribution is -2.35. The van der Waals surface area contributed by atoms with Gasteiger partial charge in [-0.15, -0.1) is 0 Å². The van der Waals surface area contributed by atoms with Crippen LogP contribution in [0.3, 0.4) is 0 Å². The lowest BCUT2D eigenvalue weighted by Gasteiger charge is -2.23. The molecule has 3 aromatic rings. The molecule has 0 bridgehead atoms. The lowest BCUT2D eigenvalue weighted by atomic mass is 10.1. The number of nitrogens with zero attached hydrogens (tertiary/aromatic N) is 4. The Labute approximate surface area is 214 Å². The van der Waals surface area contributed by atoms with E-state index < -0.39 is 47.7 Å². The first-order valence-electron chi connectivity index (χ1n) is 11.3. The normalized spacial score (nSPS) is 13.5. The molecule has 198 valence electrons. The third-order valence-corrected chi connectivity index (χ3v) is 5.48. The first-order chi connectivity index (χ1) is 18.2. The number of halogens is 4. The maximum absolute atomic E-state index is 14.7. The predicted molar refractivity (Wildman–Crippen MR) is 129 cm³/mol. The molecule has 0 radical (unpaired) electrons. The molecule has 0 aliphatic carbocycles. The number of anilines is 2. The Kier molecular flexibility index (Phi) is 8.16. The Morgan fingerprint density at radius 2 is 1.76 bits per heavy atom. The van der Waals surface area contributed by atoms with E-state index in [0.717, 1.165) is 30.3 Å². The summed E-state index contributed by atoms with van der Waals surface area (Å²) in [4.78, 5) is 34.5. The van der Waals surface area contributed by atoms with Crippen molar-refractivity contribution in [2.75, 3.05) is 31.2 Å². The van der Waals surface area contributed by atoms with Crippen molar-refractivity contribution < 1.29 is 36.6 Å². The highest BCUT2D eigenvalue weighted by atomic mass is 19.1. The molecule has 13 heteroatoms. The monoisotopic (exact) mass is 531 g/mol. The zero-order chi connectivity index (χ0) is 27.2. The third kappa shape index (κ3) is 6.06. The van der Waals surface area contributed by atoms with E-state index in [0.29, 0.717) is 37.3 Å². The van der Waals surface area contributed by atoms with Crippen LogP contribution >= 0.6 is 0 Å². The van der Waals surface area contributed by atoms with Gasteiger partial charge in [-0.3, -0.25) is 0 Å². The zero-order valence-corrected chi connectivity index (χ0v) is 19.7. The summed E-state index contributed by atoms with van der Waals surface area (Å²) in [6.07, 6.45) is 0.374. The van der Waals surface area contributed by atoms with Crippen LogP contribution in [0.25, 0.3) is 11.3 Å². The SMILES string of the molecule is NC(=O)N(c1ccc(COC(=O)N=CN2CCOCC2)c(-c2ccc(F)cc2F)n1)c1c(F)cccc1F. The molecule has 0 atom stereocenters. The van der Waals surface area contributed by atoms with Gasteiger partial charge >= 0.3 is 12.1 Å². The summed E-state index contributed by atoms with van der Waals surface area (Å²) < 4.78 is 67.6. The number of carbonyl (C=O) groups excluding carboxylic acids is 2. The van der Waals surface area contributed by atoms with Crippen LogP contribution < -0.4 is 10.6 Å². The number of nitrogens with two attached hydrogens (primary N) is 1. The fourth-order valence-corrected chi connectivity index (χ4v) is 3.67. The van der Waals surface area contributed by atoms with Gasteiger partial charge in [0.2, 0.25) is 0 Å². The molecule has 2 heterocycles. The van der Waals surface area contributed by atoms with Crippen molar-refractivity contribution >= 4 is 30.0 Å². The van der Waals surface area contributed by atoms with Gasteiger partial charge in [0.1, 0.15) is 41.4 Å². The van der Waals surface area contributed by atoms with E-state index in [-0.39, 0.29) is 22.6 Å². The number of aliphatic imine (C=N–C) groups is 1. The van der Waals surface area contributed by atoms with Crippen molar-refractivity contribution in [3.63, 3.8) is 0 Å². The highest BCUT2D eigenvalue weighted by Crippen LogP contribution is 2.33. The van der Waals surface area contributed by atoms with Crippen LogP contribution in [0.4, 0.5) is 38.7 Å². The molecular formula is C25H21F4N5O4. The Morgan fingerprint density at radius 1 is 1.05 bits per heavy atom. The zero-order valence-electron chi connectivity index (χ0n) is 19.7. The molecule has 0 spiro atoms. The van der Waals surface area contributed by atoms with Crippen LogP contribution in [0.1, 0.15) is 5.56 Å². The fourth-order valence-electron chi connectivity index (χ4n) is 3.67. The van der Waals surface area contributed by atoms with Crippen molar-refractivity contribution in [2.24, 2.45) is 10.7 Å². The van der Waals surface area contributed by atoms with Gasteiger partial charge < -0.3 is 20.1 Å². The summed E-state index contributed by atoms with van der Waals surface area (Å²) in [5.41, 5.74) is 4.32. The van der Waals surface area contributed by atoms with Crippen molar-refractivity contribution in [3.8, 4) is 11.3 Å². The largest absolute Gasteiger partial charge is 0.443 e. The molecule has 9 nitrogen and oxygen atoms in total. The average molecular weight is 531 g/mol. The van der Waals surface area contributed by atoms with Crippen LogP contribution in [0.5, 0.6) is 0 Å². The van der Waals surface area contributed by atoms with E-state index in [1.54, 1.807) is 4.90 Å². The second-order valence-electron chi connectivity index (χ2n) is 7.99. The number of ether oxygens (including phenoxy) is 2. The first kappa shape index (κ1) is 26.5. The van der Waals surface area contributed by atoms with Gasteiger partial charge in [-0.2, -0.15) is 4.99 Å². The number of aromatic nitrogens is 1. The molecular weight excluding hydrogens is 510 g/mol. The van der Waals surface area contributed by atoms with Crippen LogP contribution in [0.15, 0.2) is 53.5 Å². The topological polar surface area (TPSA) is 110 Å². The van der Waals surface area contributed by atoms with Crippen molar-refractivity contribution in [1.29, 1.82) is 0 Å². The van der Waals surface area contributed by atoms with Crippen molar-refractivity contribution in [1.82, 2.24) is 9.88 Å². The van der Waals surface area contributed by atoms with E-state index in [1.165, 1.54) is 18.5 Å². The number of morpholine rings is 1. The second-order valence-corrected chi connectivity index (χ2v) is 7.99. The summed E-state index contributed by atoms with van der Waals surface area (Å²) in [5, 5.41) is 0. The van der Waals surface area contributed by atoms with Crippen molar-refractivity contribution in [2.45, 2.75) is 6.61 Å². The number of hydrogen-bond donors (Lipinski definition) is 1. The summed E-state index contributed by atoms with van der Waals surface area (Å²) in [7, 11) is 0. The quantitative estimate of drug-likeness (QED) is 0.285. The summed E-state index contributed by atoms with van der Waals surface area (Å²) in [6.45, 7) is 1.64. The van der Waals surface area contributed by atoms with Crippen molar-refractivity contribution in [3.05, 3.63) is 77.4 Å². The summed E-state index contributed by atoms with van der Waals surface area (Å²) in [5.74, 6) is -4.44. The maximum Gasteiger partial charge on any atom is 0.435 e. The van der Waals surface area contributed by atoms with E-state index in [9.17, 15) is 27.2 Å². The lowest BCUT2D eigenvalue weighted by molar-refractivity contribution is 0.0698. The van der Waals surface area contributed by atoms with E-state index in [4.69, 9.17) is 15.2 Å². The van der Waals surface area contributed by atoms with Crippen LogP contribution in [-0.2, 0) is 16.1 Å². The third-order valence-electron chi connectivity index (χ3n) is 5.48. The molecule has 0 unspecified atom stereocenters. The smallest absolute Gasteiger partial charge is 0.435 e. The van der Waals surface area contributed by atoms with Gasteiger partial charge in [0.05, 0.1) is 25.2 Å². The molecule has 38 heavy (non-hydrogen) atoms. The number of carbonyl (C=O) groups is 2. The van der Waals surface area contributed by atoms with Gasteiger partial charge in [0, 0.05) is 30.3 Å². The predicted octanol–water partition coefficient (Wildman–Crippen LogP) is 4.52. The average Bonchev–Trinajstić information content (AvgIpc) is 2.89. The fraction of sp³-hybridized carbons (Fsp3) is 0.200. The Bertz CT molecular complexity index is 1360. The molecule has 1 aliphatic rings. The maximum atomic E-state index is 14.7. The molecule has 1 saturated heterocycles. The summed E-state index contributed by atoms with van der Waals surface area (Å²) >= 11 is 0. The number of pyridine rings is 1. The van der Waals surface area contributed by atoms with Gasteiger partial charge in [-0.05, 0) is 36.4 Å². The Hall–Kier alpha value is -4.52. The molecule has 1 aliphatic heterocycles. The number of hydrogen-bond acceptors (Lipinski definition) is 5. The van der Waals surface area contributed by atoms with Gasteiger partial charge in [0.15, 0.2) is 0 Å². The van der Waals surface area contributed by atoms with E-state index in [2.05, 4.69) is 9.98 Å². The van der Waals surface area contributed by atoms with E-state index >= 15 is 0 Å². The highest BCUT2D eigenvalue weighted by Gasteiger charge is 2.26. The van der Waals surface area contributed by atoms with Gasteiger partial charge in [-0.1, -0.05) is 6.07 Å². The Morgan fingerprint density at radius 3 is 2.42 bits per heavy atom. The molecule has 4 rings (SSSR count). The molecule has 2 aromatic carbocycles. The number of amides is 3. The van der Waals surface area contributed by atoms with Crippen LogP contribution in [0.2, 0.25) is 0 Å². The molecule has 1 aromatic heterocycles.